The summed E-state index contributed by atoms with van der Waals surface area (Å²) in [5.74, 6) is 0. The smallest absolute Gasteiger partial charge is 0.324 e. The highest BCUT2D eigenvalue weighted by molar-refractivity contribution is 6.31. The molecular weight excluding hydrogens is 240 g/mol. The summed E-state index contributed by atoms with van der Waals surface area (Å²) in [5, 5.41) is 0.642. The summed E-state index contributed by atoms with van der Waals surface area (Å²) in [6.45, 7) is 1.66. The summed E-state index contributed by atoms with van der Waals surface area (Å²) in [7, 11) is 3.41. The SMILES string of the molecule is COCCN1C(=O)N(C)Cc2ccc(Cl)cc21. The van der Waals surface area contributed by atoms with Crippen LogP contribution in [0.4, 0.5) is 10.5 Å². The third kappa shape index (κ3) is 2.37. The van der Waals surface area contributed by atoms with Gasteiger partial charge in [0.05, 0.1) is 18.8 Å². The maximum atomic E-state index is 12.1. The molecule has 2 amide bonds. The molecule has 0 bridgehead atoms. The molecule has 1 heterocycles. The number of halogens is 1. The van der Waals surface area contributed by atoms with Gasteiger partial charge in [-0.2, -0.15) is 0 Å². The maximum absolute atomic E-state index is 12.1. The van der Waals surface area contributed by atoms with Crippen molar-refractivity contribution in [3.8, 4) is 0 Å². The number of hydrogen-bond donors (Lipinski definition) is 0. The Bertz CT molecular complexity index is 437. The molecule has 1 aliphatic heterocycles. The minimum absolute atomic E-state index is 0.0168. The molecule has 1 aromatic rings. The van der Waals surface area contributed by atoms with E-state index in [1.165, 1.54) is 0 Å². The van der Waals surface area contributed by atoms with Gasteiger partial charge in [0.2, 0.25) is 0 Å². The standard InChI is InChI=1S/C12H15ClN2O2/c1-14-8-9-3-4-10(13)7-11(9)15(12(14)16)5-6-17-2/h3-4,7H,5-6,8H2,1-2H3. The molecule has 0 aliphatic carbocycles. The topological polar surface area (TPSA) is 32.8 Å². The molecule has 92 valence electrons. The predicted octanol–water partition coefficient (Wildman–Crippen LogP) is 2.36. The summed E-state index contributed by atoms with van der Waals surface area (Å²) in [6.07, 6.45) is 0. The molecule has 17 heavy (non-hydrogen) atoms. The highest BCUT2D eigenvalue weighted by Crippen LogP contribution is 2.30. The van der Waals surface area contributed by atoms with Crippen molar-refractivity contribution in [1.29, 1.82) is 0 Å². The predicted molar refractivity (Wildman–Crippen MR) is 67.5 cm³/mol. The Hall–Kier alpha value is -1.26. The second kappa shape index (κ2) is 4.94. The van der Waals surface area contributed by atoms with Crippen LogP contribution in [-0.4, -0.2) is 38.2 Å². The second-order valence-corrected chi connectivity index (χ2v) is 4.49. The Morgan fingerprint density at radius 3 is 2.94 bits per heavy atom. The van der Waals surface area contributed by atoms with Crippen molar-refractivity contribution in [2.45, 2.75) is 6.54 Å². The minimum Gasteiger partial charge on any atom is -0.383 e. The number of methoxy groups -OCH3 is 1. The molecule has 0 unspecified atom stereocenters. The van der Waals surface area contributed by atoms with Gasteiger partial charge in [-0.15, -0.1) is 0 Å². The van der Waals surface area contributed by atoms with E-state index in [4.69, 9.17) is 16.3 Å². The highest BCUT2D eigenvalue weighted by atomic mass is 35.5. The number of anilines is 1. The van der Waals surface area contributed by atoms with Gasteiger partial charge in [0, 0.05) is 25.7 Å². The van der Waals surface area contributed by atoms with E-state index in [9.17, 15) is 4.79 Å². The number of benzene rings is 1. The molecule has 4 nitrogen and oxygen atoms in total. The maximum Gasteiger partial charge on any atom is 0.324 e. The summed E-state index contributed by atoms with van der Waals surface area (Å²) < 4.78 is 5.03. The normalized spacial score (nSPS) is 15.1. The molecule has 2 rings (SSSR count). The lowest BCUT2D eigenvalue weighted by Crippen LogP contribution is -2.46. The van der Waals surface area contributed by atoms with E-state index in [1.807, 2.05) is 18.2 Å². The van der Waals surface area contributed by atoms with Crippen molar-refractivity contribution in [2.24, 2.45) is 0 Å². The van der Waals surface area contributed by atoms with E-state index < -0.39 is 0 Å². The van der Waals surface area contributed by atoms with Crippen molar-refractivity contribution in [1.82, 2.24) is 4.90 Å². The quantitative estimate of drug-likeness (QED) is 0.830. The van der Waals surface area contributed by atoms with E-state index in [1.54, 1.807) is 24.0 Å². The summed E-state index contributed by atoms with van der Waals surface area (Å²) in [5.41, 5.74) is 1.99. The fourth-order valence-corrected chi connectivity index (χ4v) is 2.12. The Balaban J connectivity index is 2.36. The average Bonchev–Trinajstić information content (AvgIpc) is 2.31. The van der Waals surface area contributed by atoms with E-state index in [0.29, 0.717) is 24.7 Å². The van der Waals surface area contributed by atoms with Gasteiger partial charge in [0.1, 0.15) is 0 Å². The van der Waals surface area contributed by atoms with Crippen molar-refractivity contribution >= 4 is 23.3 Å². The first kappa shape index (κ1) is 12.2. The van der Waals surface area contributed by atoms with Gasteiger partial charge in [0.25, 0.3) is 0 Å². The molecule has 0 saturated carbocycles. The number of fused-ring (bicyclic) bond motifs is 1. The van der Waals surface area contributed by atoms with Crippen LogP contribution in [0.15, 0.2) is 18.2 Å². The van der Waals surface area contributed by atoms with Crippen LogP contribution in [0, 0.1) is 0 Å². The second-order valence-electron chi connectivity index (χ2n) is 4.06. The summed E-state index contributed by atoms with van der Waals surface area (Å²) >= 11 is 5.98. The number of hydrogen-bond acceptors (Lipinski definition) is 2. The number of carbonyl (C=O) groups excluding carboxylic acids is 1. The van der Waals surface area contributed by atoms with Gasteiger partial charge in [-0.05, 0) is 17.7 Å². The monoisotopic (exact) mass is 254 g/mol. The molecule has 0 radical (unpaired) electrons. The molecule has 0 aromatic heterocycles. The molecule has 0 spiro atoms. The van der Waals surface area contributed by atoms with Crippen molar-refractivity contribution in [3.05, 3.63) is 28.8 Å². The minimum atomic E-state index is -0.0168. The number of ether oxygens (including phenoxy) is 1. The van der Waals surface area contributed by atoms with E-state index >= 15 is 0 Å². The number of amides is 2. The van der Waals surface area contributed by atoms with Gasteiger partial charge in [0.15, 0.2) is 0 Å². The third-order valence-corrected chi connectivity index (χ3v) is 3.06. The Morgan fingerprint density at radius 1 is 1.47 bits per heavy atom. The highest BCUT2D eigenvalue weighted by Gasteiger charge is 2.27. The Kier molecular flexibility index (Phi) is 3.54. The molecule has 0 atom stereocenters. The lowest BCUT2D eigenvalue weighted by molar-refractivity contribution is 0.190. The van der Waals surface area contributed by atoms with Crippen LogP contribution >= 0.6 is 11.6 Å². The van der Waals surface area contributed by atoms with Crippen LogP contribution in [0.3, 0.4) is 0 Å². The van der Waals surface area contributed by atoms with Crippen LogP contribution in [0.2, 0.25) is 5.02 Å². The van der Waals surface area contributed by atoms with Gasteiger partial charge >= 0.3 is 6.03 Å². The Labute approximate surface area is 106 Å². The zero-order valence-electron chi connectivity index (χ0n) is 9.94. The van der Waals surface area contributed by atoms with Crippen molar-refractivity contribution in [2.75, 3.05) is 32.2 Å². The van der Waals surface area contributed by atoms with E-state index in [2.05, 4.69) is 0 Å². The van der Waals surface area contributed by atoms with Gasteiger partial charge < -0.3 is 9.64 Å². The van der Waals surface area contributed by atoms with Crippen LogP contribution in [0.1, 0.15) is 5.56 Å². The number of carbonyl (C=O) groups is 1. The van der Waals surface area contributed by atoms with Crippen LogP contribution in [0.25, 0.3) is 0 Å². The largest absolute Gasteiger partial charge is 0.383 e. The molecule has 1 aliphatic rings. The average molecular weight is 255 g/mol. The lowest BCUT2D eigenvalue weighted by Gasteiger charge is -2.35. The molecule has 0 fully saturated rings. The number of nitrogens with zero attached hydrogens (tertiary/aromatic N) is 2. The first-order valence-electron chi connectivity index (χ1n) is 5.43. The van der Waals surface area contributed by atoms with Gasteiger partial charge in [-0.25, -0.2) is 4.79 Å². The van der Waals surface area contributed by atoms with Gasteiger partial charge in [-0.1, -0.05) is 17.7 Å². The van der Waals surface area contributed by atoms with Crippen molar-refractivity contribution in [3.63, 3.8) is 0 Å². The van der Waals surface area contributed by atoms with Crippen LogP contribution < -0.4 is 4.90 Å². The van der Waals surface area contributed by atoms with Crippen molar-refractivity contribution < 1.29 is 9.53 Å². The summed E-state index contributed by atoms with van der Waals surface area (Å²) in [4.78, 5) is 15.4. The van der Waals surface area contributed by atoms with E-state index in [0.717, 1.165) is 11.3 Å². The van der Waals surface area contributed by atoms with E-state index in [-0.39, 0.29) is 6.03 Å². The lowest BCUT2D eigenvalue weighted by atomic mass is 10.1. The zero-order valence-corrected chi connectivity index (χ0v) is 10.7. The first-order chi connectivity index (χ1) is 8.13. The number of rotatable bonds is 3. The molecule has 0 N–H and O–H groups in total. The third-order valence-electron chi connectivity index (χ3n) is 2.82. The Morgan fingerprint density at radius 2 is 2.24 bits per heavy atom. The summed E-state index contributed by atoms with van der Waals surface area (Å²) in [6, 6.07) is 5.62. The van der Waals surface area contributed by atoms with Crippen LogP contribution in [0.5, 0.6) is 0 Å². The molecule has 5 heteroatoms. The molecular formula is C12H15ClN2O2. The van der Waals surface area contributed by atoms with Crippen LogP contribution in [-0.2, 0) is 11.3 Å². The zero-order chi connectivity index (χ0) is 12.4. The number of urea groups is 1. The molecule has 1 aromatic carbocycles. The van der Waals surface area contributed by atoms with Gasteiger partial charge in [-0.3, -0.25) is 4.90 Å². The first-order valence-corrected chi connectivity index (χ1v) is 5.81. The fraction of sp³-hybridized carbons (Fsp3) is 0.417. The molecule has 0 saturated heterocycles. The fourth-order valence-electron chi connectivity index (χ4n) is 1.95.